The maximum absolute atomic E-state index is 13.7. The van der Waals surface area contributed by atoms with Crippen LogP contribution in [0.25, 0.3) is 21.3 Å². The average Bonchev–Trinajstić information content (AvgIpc) is 3.48. The zero-order chi connectivity index (χ0) is 25.5. The molecular formula is C21H19ClF3N7O2S. The summed E-state index contributed by atoms with van der Waals surface area (Å²) in [5, 5.41) is 11.5. The topological polar surface area (TPSA) is 121 Å². The molecule has 4 rings (SSSR count). The average molecular weight is 526 g/mol. The van der Waals surface area contributed by atoms with Gasteiger partial charge in [0.15, 0.2) is 0 Å². The quantitative estimate of drug-likeness (QED) is 0.368. The van der Waals surface area contributed by atoms with Crippen LogP contribution in [-0.4, -0.2) is 36.4 Å². The third-order valence-corrected chi connectivity index (χ3v) is 6.60. The molecule has 14 heteroatoms. The smallest absolute Gasteiger partial charge is 0.365 e. The Morgan fingerprint density at radius 3 is 2.54 bits per heavy atom. The third-order valence-electron chi connectivity index (χ3n) is 5.30. The number of fused-ring (bicyclic) bond motifs is 1. The second-order valence-electron chi connectivity index (χ2n) is 7.58. The summed E-state index contributed by atoms with van der Waals surface area (Å²) in [6, 6.07) is 0.894. The number of nitrogens with two attached hydrogens (primary N) is 1. The number of aromatic nitrogens is 5. The molecular weight excluding hydrogens is 507 g/mol. The van der Waals surface area contributed by atoms with E-state index in [4.69, 9.17) is 17.3 Å². The number of aryl methyl sites for hydroxylation is 2. The first-order valence-electron chi connectivity index (χ1n) is 10.3. The molecule has 0 aromatic carbocycles. The van der Waals surface area contributed by atoms with Gasteiger partial charge in [0.05, 0.1) is 23.1 Å². The highest BCUT2D eigenvalue weighted by Gasteiger charge is 2.35. The maximum atomic E-state index is 13.7. The van der Waals surface area contributed by atoms with Crippen LogP contribution in [0.3, 0.4) is 0 Å². The Labute approximate surface area is 205 Å². The molecule has 0 spiro atoms. The largest absolute Gasteiger partial charge is 0.433 e. The van der Waals surface area contributed by atoms with Gasteiger partial charge in [-0.15, -0.1) is 11.3 Å². The number of carbonyl (C=O) groups is 2. The molecule has 3 N–H and O–H groups in total. The van der Waals surface area contributed by atoms with Gasteiger partial charge in [-0.05, 0) is 25.5 Å². The number of amides is 2. The van der Waals surface area contributed by atoms with E-state index in [1.54, 1.807) is 17.8 Å². The van der Waals surface area contributed by atoms with Crippen molar-refractivity contribution in [3.8, 4) is 11.1 Å². The van der Waals surface area contributed by atoms with E-state index in [1.807, 2.05) is 6.92 Å². The molecule has 0 bridgehead atoms. The van der Waals surface area contributed by atoms with Crippen LogP contribution in [0, 0.1) is 6.92 Å². The van der Waals surface area contributed by atoms with Gasteiger partial charge in [-0.1, -0.05) is 11.6 Å². The number of hydrogen-bond donors (Lipinski definition) is 2. The van der Waals surface area contributed by atoms with E-state index in [1.165, 1.54) is 17.1 Å². The standard InChI is InChI=1S/C21H19ClF3N7O2S/c1-3-32-10(2)13(8-28-32)12-6-14(21(23,24)25)29-20-16(12)17(18(35-20)19(26)34)30-15(33)4-5-31-9-11(22)7-27-31/h6-9H,3-5H2,1-2H3,(H2,26,34)(H,30,33). The molecule has 0 unspecified atom stereocenters. The van der Waals surface area contributed by atoms with E-state index in [0.29, 0.717) is 34.2 Å². The molecule has 0 aliphatic rings. The lowest BCUT2D eigenvalue weighted by molar-refractivity contribution is -0.140. The van der Waals surface area contributed by atoms with Crippen molar-refractivity contribution in [1.82, 2.24) is 24.5 Å². The number of alkyl halides is 3. The number of hydrogen-bond acceptors (Lipinski definition) is 6. The first kappa shape index (κ1) is 24.7. The normalized spacial score (nSPS) is 11.8. The van der Waals surface area contributed by atoms with Crippen LogP contribution >= 0.6 is 22.9 Å². The second kappa shape index (κ2) is 9.30. The number of halogens is 4. The van der Waals surface area contributed by atoms with Gasteiger partial charge in [-0.25, -0.2) is 4.98 Å². The van der Waals surface area contributed by atoms with Crippen LogP contribution in [0.1, 0.15) is 34.4 Å². The Morgan fingerprint density at radius 1 is 1.23 bits per heavy atom. The molecule has 9 nitrogen and oxygen atoms in total. The predicted molar refractivity (Wildman–Crippen MR) is 125 cm³/mol. The van der Waals surface area contributed by atoms with Crippen molar-refractivity contribution >= 4 is 50.7 Å². The van der Waals surface area contributed by atoms with Crippen molar-refractivity contribution in [2.75, 3.05) is 5.32 Å². The van der Waals surface area contributed by atoms with Gasteiger partial charge < -0.3 is 11.1 Å². The molecule has 0 saturated heterocycles. The van der Waals surface area contributed by atoms with Crippen molar-refractivity contribution in [3.63, 3.8) is 0 Å². The van der Waals surface area contributed by atoms with E-state index in [2.05, 4.69) is 20.5 Å². The minimum absolute atomic E-state index is 0.0147. The van der Waals surface area contributed by atoms with Crippen molar-refractivity contribution in [2.45, 2.75) is 39.5 Å². The zero-order valence-corrected chi connectivity index (χ0v) is 20.1. The van der Waals surface area contributed by atoms with Crippen LogP contribution in [0.15, 0.2) is 24.7 Å². The summed E-state index contributed by atoms with van der Waals surface area (Å²) in [4.78, 5) is 28.5. The van der Waals surface area contributed by atoms with Crippen LogP contribution in [-0.2, 0) is 24.1 Å². The first-order chi connectivity index (χ1) is 16.5. The Bertz CT molecular complexity index is 1440. The van der Waals surface area contributed by atoms with Gasteiger partial charge in [-0.2, -0.15) is 23.4 Å². The summed E-state index contributed by atoms with van der Waals surface area (Å²) < 4.78 is 44.1. The molecule has 184 valence electrons. The molecule has 0 radical (unpaired) electrons. The summed E-state index contributed by atoms with van der Waals surface area (Å²) >= 11 is 6.52. The Morgan fingerprint density at radius 2 is 1.97 bits per heavy atom. The summed E-state index contributed by atoms with van der Waals surface area (Å²) in [5.74, 6) is -1.40. The van der Waals surface area contributed by atoms with Gasteiger partial charge in [0, 0.05) is 42.4 Å². The molecule has 4 heterocycles. The molecule has 0 saturated carbocycles. The minimum Gasteiger partial charge on any atom is -0.365 e. The van der Waals surface area contributed by atoms with Crippen LogP contribution < -0.4 is 11.1 Å². The Hall–Kier alpha value is -3.45. The highest BCUT2D eigenvalue weighted by Crippen LogP contribution is 2.44. The summed E-state index contributed by atoms with van der Waals surface area (Å²) in [7, 11) is 0. The van der Waals surface area contributed by atoms with Crippen molar-refractivity contribution in [2.24, 2.45) is 5.73 Å². The maximum Gasteiger partial charge on any atom is 0.433 e. The number of rotatable bonds is 7. The number of anilines is 1. The highest BCUT2D eigenvalue weighted by molar-refractivity contribution is 7.21. The van der Waals surface area contributed by atoms with Gasteiger partial charge in [0.2, 0.25) is 5.91 Å². The van der Waals surface area contributed by atoms with E-state index >= 15 is 0 Å². The SMILES string of the molecule is CCn1ncc(-c2cc(C(F)(F)F)nc3sc(C(N)=O)c(NC(=O)CCn4cc(Cl)cn4)c23)c1C. The monoisotopic (exact) mass is 525 g/mol. The van der Waals surface area contributed by atoms with Crippen molar-refractivity contribution in [3.05, 3.63) is 45.9 Å². The van der Waals surface area contributed by atoms with E-state index in [9.17, 15) is 22.8 Å². The highest BCUT2D eigenvalue weighted by atomic mass is 35.5. The number of primary amides is 1. The predicted octanol–water partition coefficient (Wildman–Crippen LogP) is 4.48. The lowest BCUT2D eigenvalue weighted by Crippen LogP contribution is -2.18. The Balaban J connectivity index is 1.85. The third kappa shape index (κ3) is 4.86. The van der Waals surface area contributed by atoms with Crippen LogP contribution in [0.2, 0.25) is 5.02 Å². The number of pyridine rings is 1. The molecule has 0 fully saturated rings. The fourth-order valence-corrected chi connectivity index (χ4v) is 4.82. The molecule has 4 aromatic heterocycles. The molecule has 0 atom stereocenters. The molecule has 35 heavy (non-hydrogen) atoms. The Kier molecular flexibility index (Phi) is 6.56. The summed E-state index contributed by atoms with van der Waals surface area (Å²) in [5.41, 5.74) is 5.57. The van der Waals surface area contributed by atoms with Gasteiger partial charge in [0.1, 0.15) is 15.4 Å². The van der Waals surface area contributed by atoms with Gasteiger partial charge in [-0.3, -0.25) is 19.0 Å². The summed E-state index contributed by atoms with van der Waals surface area (Å²) in [6.45, 7) is 4.27. The fourth-order valence-electron chi connectivity index (χ4n) is 3.66. The molecule has 0 aliphatic carbocycles. The second-order valence-corrected chi connectivity index (χ2v) is 9.02. The van der Waals surface area contributed by atoms with Gasteiger partial charge >= 0.3 is 6.18 Å². The number of thiophene rings is 1. The van der Waals surface area contributed by atoms with E-state index in [0.717, 1.165) is 6.07 Å². The first-order valence-corrected chi connectivity index (χ1v) is 11.5. The van der Waals surface area contributed by atoms with E-state index in [-0.39, 0.29) is 39.3 Å². The fraction of sp³-hybridized carbons (Fsp3) is 0.286. The van der Waals surface area contributed by atoms with Gasteiger partial charge in [0.25, 0.3) is 5.91 Å². The van der Waals surface area contributed by atoms with Crippen molar-refractivity contribution in [1.29, 1.82) is 0 Å². The number of nitrogens with zero attached hydrogens (tertiary/aromatic N) is 5. The van der Waals surface area contributed by atoms with E-state index < -0.39 is 23.7 Å². The minimum atomic E-state index is -4.73. The number of nitrogens with one attached hydrogen (secondary N) is 1. The molecule has 2 amide bonds. The molecule has 0 aliphatic heterocycles. The molecule has 4 aromatic rings. The lowest BCUT2D eigenvalue weighted by atomic mass is 10.0. The summed E-state index contributed by atoms with van der Waals surface area (Å²) in [6.07, 6.45) is -0.361. The van der Waals surface area contributed by atoms with Crippen LogP contribution in [0.5, 0.6) is 0 Å². The van der Waals surface area contributed by atoms with Crippen LogP contribution in [0.4, 0.5) is 18.9 Å². The van der Waals surface area contributed by atoms with Crippen molar-refractivity contribution < 1.29 is 22.8 Å². The lowest BCUT2D eigenvalue weighted by Gasteiger charge is -2.12. The zero-order valence-electron chi connectivity index (χ0n) is 18.5. The number of carbonyl (C=O) groups excluding carboxylic acids is 2.